The SMILES string of the molecule is CC(C)(C)Nc1cc(NCC2CC2)c2sc(-c3ccnn3C3CCCCO3)cc2n1. The molecule has 2 aliphatic rings. The molecule has 1 aliphatic carbocycles. The largest absolute Gasteiger partial charge is 0.383 e. The van der Waals surface area contributed by atoms with Gasteiger partial charge in [0.1, 0.15) is 5.82 Å². The molecule has 4 heterocycles. The molecule has 3 aromatic rings. The Hall–Kier alpha value is -2.12. The molecule has 3 aromatic heterocycles. The summed E-state index contributed by atoms with van der Waals surface area (Å²) in [6, 6.07) is 6.46. The molecule has 1 saturated carbocycles. The maximum Gasteiger partial charge on any atom is 0.150 e. The van der Waals surface area contributed by atoms with Crippen molar-refractivity contribution in [3.05, 3.63) is 24.4 Å². The summed E-state index contributed by atoms with van der Waals surface area (Å²) in [6.45, 7) is 8.35. The second-order valence-corrected chi connectivity index (χ2v) is 10.6. The third-order valence-corrected chi connectivity index (χ3v) is 6.79. The van der Waals surface area contributed by atoms with Crippen molar-refractivity contribution in [1.82, 2.24) is 14.8 Å². The lowest BCUT2D eigenvalue weighted by molar-refractivity contribution is -0.0383. The van der Waals surface area contributed by atoms with Crippen LogP contribution in [0.1, 0.15) is 59.1 Å². The lowest BCUT2D eigenvalue weighted by Crippen LogP contribution is -2.26. The molecule has 1 saturated heterocycles. The molecule has 2 N–H and O–H groups in total. The maximum atomic E-state index is 6.00. The van der Waals surface area contributed by atoms with Gasteiger partial charge in [0.2, 0.25) is 0 Å². The van der Waals surface area contributed by atoms with E-state index in [1.54, 1.807) is 11.3 Å². The van der Waals surface area contributed by atoms with Crippen molar-refractivity contribution in [2.45, 2.75) is 64.6 Å². The predicted molar refractivity (Wildman–Crippen MR) is 124 cm³/mol. The first-order valence-corrected chi connectivity index (χ1v) is 11.9. The first-order valence-electron chi connectivity index (χ1n) is 11.1. The van der Waals surface area contributed by atoms with Gasteiger partial charge in [-0.05, 0) is 70.9 Å². The highest BCUT2D eigenvalue weighted by Gasteiger charge is 2.24. The summed E-state index contributed by atoms with van der Waals surface area (Å²) < 4.78 is 9.26. The first kappa shape index (κ1) is 19.8. The minimum atomic E-state index is -0.0375. The van der Waals surface area contributed by atoms with E-state index in [1.165, 1.54) is 34.5 Å². The van der Waals surface area contributed by atoms with Gasteiger partial charge in [-0.15, -0.1) is 11.3 Å². The fourth-order valence-electron chi connectivity index (χ4n) is 3.96. The molecule has 0 aromatic carbocycles. The summed E-state index contributed by atoms with van der Waals surface area (Å²) in [5.41, 5.74) is 3.28. The van der Waals surface area contributed by atoms with Crippen LogP contribution in [-0.4, -0.2) is 33.5 Å². The molecule has 0 amide bonds. The average molecular weight is 426 g/mol. The predicted octanol–water partition coefficient (Wildman–Crippen LogP) is 5.89. The number of thiophene rings is 1. The summed E-state index contributed by atoms with van der Waals surface area (Å²) in [5.74, 6) is 1.73. The molecule has 1 atom stereocenters. The van der Waals surface area contributed by atoms with Crippen molar-refractivity contribution in [2.75, 3.05) is 23.8 Å². The lowest BCUT2D eigenvalue weighted by atomic mass is 10.1. The average Bonchev–Trinajstić information content (AvgIpc) is 3.23. The van der Waals surface area contributed by atoms with E-state index >= 15 is 0 Å². The molecule has 6 nitrogen and oxygen atoms in total. The fraction of sp³-hybridized carbons (Fsp3) is 0.565. The van der Waals surface area contributed by atoms with Crippen LogP contribution in [0.3, 0.4) is 0 Å². The number of nitrogens with zero attached hydrogens (tertiary/aromatic N) is 3. The lowest BCUT2D eigenvalue weighted by Gasteiger charge is -2.24. The number of aromatic nitrogens is 3. The van der Waals surface area contributed by atoms with Gasteiger partial charge in [0.05, 0.1) is 26.5 Å². The number of ether oxygens (including phenoxy) is 1. The van der Waals surface area contributed by atoms with E-state index in [-0.39, 0.29) is 11.8 Å². The van der Waals surface area contributed by atoms with Crippen LogP contribution in [-0.2, 0) is 4.74 Å². The zero-order valence-electron chi connectivity index (χ0n) is 18.1. The standard InChI is InChI=1S/C23H31N5OS/c1-23(2,3)27-20-13-16(24-14-15-7-8-15)22-17(26-20)12-19(30-22)18-9-10-25-28(18)21-6-4-5-11-29-21/h9-10,12-13,15,21H,4-8,11,14H2,1-3H3,(H2,24,26,27). The van der Waals surface area contributed by atoms with Crippen molar-refractivity contribution in [1.29, 1.82) is 0 Å². The Bertz CT molecular complexity index is 1020. The minimum Gasteiger partial charge on any atom is -0.383 e. The van der Waals surface area contributed by atoms with E-state index in [1.807, 2.05) is 6.20 Å². The fourth-order valence-corrected chi connectivity index (χ4v) is 5.07. The zero-order chi connectivity index (χ0) is 20.7. The first-order chi connectivity index (χ1) is 14.5. The number of nitrogens with one attached hydrogen (secondary N) is 2. The molecule has 2 fully saturated rings. The van der Waals surface area contributed by atoms with Crippen molar-refractivity contribution in [3.63, 3.8) is 0 Å². The Morgan fingerprint density at radius 2 is 2.07 bits per heavy atom. The molecule has 7 heteroatoms. The van der Waals surface area contributed by atoms with Crippen LogP contribution in [0.2, 0.25) is 0 Å². The normalized spacial score (nSPS) is 19.9. The molecule has 0 spiro atoms. The van der Waals surface area contributed by atoms with Crippen molar-refractivity contribution >= 4 is 33.1 Å². The molecule has 1 aliphatic heterocycles. The van der Waals surface area contributed by atoms with E-state index in [9.17, 15) is 0 Å². The van der Waals surface area contributed by atoms with Crippen molar-refractivity contribution in [2.24, 2.45) is 5.92 Å². The summed E-state index contributed by atoms with van der Waals surface area (Å²) in [7, 11) is 0. The van der Waals surface area contributed by atoms with Crippen LogP contribution >= 0.6 is 11.3 Å². The minimum absolute atomic E-state index is 0.0347. The number of rotatable bonds is 6. The number of fused-ring (bicyclic) bond motifs is 1. The monoisotopic (exact) mass is 425 g/mol. The van der Waals surface area contributed by atoms with Gasteiger partial charge >= 0.3 is 0 Å². The molecule has 30 heavy (non-hydrogen) atoms. The van der Waals surface area contributed by atoms with Gasteiger partial charge in [0.25, 0.3) is 0 Å². The summed E-state index contributed by atoms with van der Waals surface area (Å²) >= 11 is 1.79. The molecular formula is C23H31N5OS. The Labute approximate surface area is 182 Å². The van der Waals surface area contributed by atoms with Crippen molar-refractivity contribution in [3.8, 4) is 10.6 Å². The highest BCUT2D eigenvalue weighted by molar-refractivity contribution is 7.22. The summed E-state index contributed by atoms with van der Waals surface area (Å²) in [6.07, 6.45) is 7.94. The zero-order valence-corrected chi connectivity index (χ0v) is 18.9. The van der Waals surface area contributed by atoms with E-state index in [0.29, 0.717) is 0 Å². The van der Waals surface area contributed by atoms with Gasteiger partial charge in [-0.3, -0.25) is 0 Å². The second kappa shape index (κ2) is 7.85. The molecular weight excluding hydrogens is 394 g/mol. The Balaban J connectivity index is 1.52. The number of pyridine rings is 1. The highest BCUT2D eigenvalue weighted by Crippen LogP contribution is 2.40. The van der Waals surface area contributed by atoms with Crippen molar-refractivity contribution < 1.29 is 4.74 Å². The van der Waals surface area contributed by atoms with Gasteiger partial charge in [0.15, 0.2) is 6.23 Å². The van der Waals surface area contributed by atoms with Crippen LogP contribution in [0.5, 0.6) is 0 Å². The van der Waals surface area contributed by atoms with Crippen LogP contribution in [0.25, 0.3) is 20.8 Å². The van der Waals surface area contributed by atoms with Gasteiger partial charge in [0, 0.05) is 31.0 Å². The van der Waals surface area contributed by atoms with Gasteiger partial charge in [-0.2, -0.15) is 5.10 Å². The Morgan fingerprint density at radius 1 is 1.20 bits per heavy atom. The molecule has 0 radical (unpaired) electrons. The summed E-state index contributed by atoms with van der Waals surface area (Å²) in [5, 5.41) is 11.8. The smallest absolute Gasteiger partial charge is 0.150 e. The van der Waals surface area contributed by atoms with Gasteiger partial charge < -0.3 is 15.4 Å². The third kappa shape index (κ3) is 4.32. The topological polar surface area (TPSA) is 64.0 Å². The Morgan fingerprint density at radius 3 is 2.80 bits per heavy atom. The van der Waals surface area contributed by atoms with E-state index < -0.39 is 0 Å². The van der Waals surface area contributed by atoms with E-state index in [2.05, 4.69) is 59.4 Å². The number of hydrogen-bond donors (Lipinski definition) is 2. The molecule has 0 bridgehead atoms. The van der Waals surface area contributed by atoms with Crippen LogP contribution < -0.4 is 10.6 Å². The highest BCUT2D eigenvalue weighted by atomic mass is 32.1. The van der Waals surface area contributed by atoms with Gasteiger partial charge in [-0.25, -0.2) is 9.67 Å². The Kier molecular flexibility index (Phi) is 5.19. The maximum absolute atomic E-state index is 6.00. The van der Waals surface area contributed by atoms with E-state index in [4.69, 9.17) is 9.72 Å². The van der Waals surface area contributed by atoms with Crippen LogP contribution in [0.15, 0.2) is 24.4 Å². The molecule has 160 valence electrons. The quantitative estimate of drug-likeness (QED) is 0.515. The number of hydrogen-bond acceptors (Lipinski definition) is 6. The third-order valence-electron chi connectivity index (χ3n) is 5.61. The number of anilines is 2. The molecule has 1 unspecified atom stereocenters. The second-order valence-electron chi connectivity index (χ2n) is 9.56. The molecule has 5 rings (SSSR count). The van der Waals surface area contributed by atoms with E-state index in [0.717, 1.165) is 48.9 Å². The van der Waals surface area contributed by atoms with Crippen LogP contribution in [0.4, 0.5) is 11.5 Å². The summed E-state index contributed by atoms with van der Waals surface area (Å²) in [4.78, 5) is 6.12. The van der Waals surface area contributed by atoms with Gasteiger partial charge in [-0.1, -0.05) is 0 Å². The van der Waals surface area contributed by atoms with Crippen LogP contribution in [0, 0.1) is 5.92 Å².